The smallest absolute Gasteiger partial charge is 0.237 e. The number of aliphatic hydroxyl groups excluding tert-OH is 1. The molecule has 1 aliphatic carbocycles. The molecule has 0 aromatic rings. The van der Waals surface area contributed by atoms with E-state index < -0.39 is 0 Å². The van der Waals surface area contributed by atoms with E-state index >= 15 is 0 Å². The molecule has 3 N–H and O–H groups in total. The van der Waals surface area contributed by atoms with Gasteiger partial charge in [-0.15, -0.1) is 0 Å². The lowest BCUT2D eigenvalue weighted by Gasteiger charge is -2.33. The number of nitrogens with one attached hydrogen (secondary N) is 2. The lowest BCUT2D eigenvalue weighted by atomic mass is 9.84. The Kier molecular flexibility index (Phi) is 6.65. The van der Waals surface area contributed by atoms with Crippen LogP contribution in [0.15, 0.2) is 0 Å². The van der Waals surface area contributed by atoms with Gasteiger partial charge in [-0.3, -0.25) is 4.79 Å². The van der Waals surface area contributed by atoms with Crippen molar-refractivity contribution >= 4 is 5.91 Å². The van der Waals surface area contributed by atoms with Crippen LogP contribution >= 0.6 is 0 Å². The zero-order valence-electron chi connectivity index (χ0n) is 11.9. The largest absolute Gasteiger partial charge is 0.396 e. The van der Waals surface area contributed by atoms with Gasteiger partial charge in [0.2, 0.25) is 5.91 Å². The molecule has 0 aromatic heterocycles. The molecule has 1 fully saturated rings. The van der Waals surface area contributed by atoms with Gasteiger partial charge in [-0.1, -0.05) is 19.8 Å². The van der Waals surface area contributed by atoms with Crippen molar-refractivity contribution in [2.75, 3.05) is 6.61 Å². The van der Waals surface area contributed by atoms with E-state index in [1.807, 2.05) is 13.8 Å². The van der Waals surface area contributed by atoms with Gasteiger partial charge >= 0.3 is 0 Å². The maximum absolute atomic E-state index is 11.9. The minimum Gasteiger partial charge on any atom is -0.396 e. The summed E-state index contributed by atoms with van der Waals surface area (Å²) >= 11 is 0. The monoisotopic (exact) mass is 256 g/mol. The van der Waals surface area contributed by atoms with Crippen LogP contribution in [-0.2, 0) is 4.79 Å². The number of hydrogen-bond acceptors (Lipinski definition) is 3. The Labute approximate surface area is 111 Å². The highest BCUT2D eigenvalue weighted by Crippen LogP contribution is 2.24. The highest BCUT2D eigenvalue weighted by Gasteiger charge is 2.27. The second-order valence-corrected chi connectivity index (χ2v) is 5.54. The topological polar surface area (TPSA) is 61.4 Å². The average Bonchev–Trinajstić information content (AvgIpc) is 2.39. The SMILES string of the molecule is CCC(C)NC(=O)C(C)NC1CCCCC1CO. The van der Waals surface area contributed by atoms with Gasteiger partial charge in [-0.05, 0) is 39.0 Å². The zero-order valence-corrected chi connectivity index (χ0v) is 11.9. The molecule has 0 saturated heterocycles. The Morgan fingerprint density at radius 3 is 2.61 bits per heavy atom. The fraction of sp³-hybridized carbons (Fsp3) is 0.929. The van der Waals surface area contributed by atoms with E-state index in [0.717, 1.165) is 19.3 Å². The number of carbonyl (C=O) groups excluding carboxylic acids is 1. The van der Waals surface area contributed by atoms with Gasteiger partial charge in [0.25, 0.3) is 0 Å². The quantitative estimate of drug-likeness (QED) is 0.674. The van der Waals surface area contributed by atoms with Crippen LogP contribution in [0.5, 0.6) is 0 Å². The minimum absolute atomic E-state index is 0.0617. The molecule has 4 heteroatoms. The van der Waals surface area contributed by atoms with E-state index in [4.69, 9.17) is 0 Å². The molecule has 1 amide bonds. The molecule has 18 heavy (non-hydrogen) atoms. The first-order chi connectivity index (χ1) is 8.58. The Bertz CT molecular complexity index is 258. The third-order valence-electron chi connectivity index (χ3n) is 4.00. The summed E-state index contributed by atoms with van der Waals surface area (Å²) in [6, 6.07) is 0.319. The minimum atomic E-state index is -0.184. The van der Waals surface area contributed by atoms with Gasteiger partial charge in [0.1, 0.15) is 0 Å². The Morgan fingerprint density at radius 2 is 2.00 bits per heavy atom. The van der Waals surface area contributed by atoms with Crippen molar-refractivity contribution in [3.63, 3.8) is 0 Å². The molecule has 106 valence electrons. The van der Waals surface area contributed by atoms with Crippen LogP contribution in [0.2, 0.25) is 0 Å². The molecule has 0 spiro atoms. The van der Waals surface area contributed by atoms with Crippen LogP contribution in [0.3, 0.4) is 0 Å². The standard InChI is InChI=1S/C14H28N2O2/c1-4-10(2)15-14(18)11(3)16-13-8-6-5-7-12(13)9-17/h10-13,16-17H,4-9H2,1-3H3,(H,15,18). The molecule has 0 bridgehead atoms. The number of rotatable bonds is 6. The van der Waals surface area contributed by atoms with E-state index in [-0.39, 0.29) is 30.6 Å². The van der Waals surface area contributed by atoms with Crippen molar-refractivity contribution in [1.29, 1.82) is 0 Å². The first-order valence-electron chi connectivity index (χ1n) is 7.25. The number of aliphatic hydroxyl groups is 1. The number of amides is 1. The van der Waals surface area contributed by atoms with Crippen molar-refractivity contribution < 1.29 is 9.90 Å². The molecule has 4 unspecified atom stereocenters. The summed E-state index contributed by atoms with van der Waals surface area (Å²) < 4.78 is 0. The first kappa shape index (κ1) is 15.4. The van der Waals surface area contributed by atoms with Crippen molar-refractivity contribution in [3.05, 3.63) is 0 Å². The number of hydrogen-bond donors (Lipinski definition) is 3. The molecular weight excluding hydrogens is 228 g/mol. The molecule has 0 aliphatic heterocycles. The molecule has 0 heterocycles. The highest BCUT2D eigenvalue weighted by atomic mass is 16.3. The van der Waals surface area contributed by atoms with Crippen molar-refractivity contribution in [2.24, 2.45) is 5.92 Å². The van der Waals surface area contributed by atoms with Gasteiger partial charge in [0.15, 0.2) is 0 Å². The van der Waals surface area contributed by atoms with E-state index in [9.17, 15) is 9.90 Å². The summed E-state index contributed by atoms with van der Waals surface area (Å²) in [5.41, 5.74) is 0. The van der Waals surface area contributed by atoms with E-state index in [1.165, 1.54) is 12.8 Å². The molecule has 1 saturated carbocycles. The van der Waals surface area contributed by atoms with Crippen LogP contribution in [0, 0.1) is 5.92 Å². The van der Waals surface area contributed by atoms with Gasteiger partial charge in [0, 0.05) is 18.7 Å². The third-order valence-corrected chi connectivity index (χ3v) is 4.00. The summed E-state index contributed by atoms with van der Waals surface area (Å²) in [5, 5.41) is 15.7. The predicted molar refractivity (Wildman–Crippen MR) is 73.3 cm³/mol. The second kappa shape index (κ2) is 7.74. The maximum Gasteiger partial charge on any atom is 0.237 e. The summed E-state index contributed by atoms with van der Waals surface area (Å²) in [7, 11) is 0. The molecule has 0 radical (unpaired) electrons. The van der Waals surface area contributed by atoms with E-state index in [1.54, 1.807) is 0 Å². The molecular formula is C14H28N2O2. The van der Waals surface area contributed by atoms with Crippen molar-refractivity contribution in [2.45, 2.75) is 71.0 Å². The summed E-state index contributed by atoms with van der Waals surface area (Å²) in [5.74, 6) is 0.365. The Morgan fingerprint density at radius 1 is 1.33 bits per heavy atom. The maximum atomic E-state index is 11.9. The fourth-order valence-corrected chi connectivity index (χ4v) is 2.51. The summed E-state index contributed by atoms with van der Waals surface area (Å²) in [4.78, 5) is 11.9. The van der Waals surface area contributed by atoms with Gasteiger partial charge in [-0.25, -0.2) is 0 Å². The van der Waals surface area contributed by atoms with Gasteiger partial charge < -0.3 is 15.7 Å². The average molecular weight is 256 g/mol. The van der Waals surface area contributed by atoms with E-state index in [2.05, 4.69) is 17.6 Å². The molecule has 1 rings (SSSR count). The van der Waals surface area contributed by atoms with Crippen LogP contribution in [0.1, 0.15) is 52.9 Å². The lowest BCUT2D eigenvalue weighted by Crippen LogP contribution is -2.51. The van der Waals surface area contributed by atoms with Crippen molar-refractivity contribution in [1.82, 2.24) is 10.6 Å². The summed E-state index contributed by atoms with van der Waals surface area (Å²) in [6.07, 6.45) is 5.45. The first-order valence-corrected chi connectivity index (χ1v) is 7.25. The third kappa shape index (κ3) is 4.58. The van der Waals surface area contributed by atoms with Crippen LogP contribution in [-0.4, -0.2) is 35.7 Å². The highest BCUT2D eigenvalue weighted by molar-refractivity contribution is 5.81. The van der Waals surface area contributed by atoms with Gasteiger partial charge in [-0.2, -0.15) is 0 Å². The van der Waals surface area contributed by atoms with Crippen LogP contribution in [0.4, 0.5) is 0 Å². The Hall–Kier alpha value is -0.610. The molecule has 1 aliphatic rings. The predicted octanol–water partition coefficient (Wildman–Crippen LogP) is 1.43. The molecule has 4 nitrogen and oxygen atoms in total. The fourth-order valence-electron chi connectivity index (χ4n) is 2.51. The number of carbonyl (C=O) groups is 1. The second-order valence-electron chi connectivity index (χ2n) is 5.54. The Balaban J connectivity index is 2.42. The lowest BCUT2D eigenvalue weighted by molar-refractivity contribution is -0.123. The summed E-state index contributed by atoms with van der Waals surface area (Å²) in [6.45, 7) is 6.20. The van der Waals surface area contributed by atoms with E-state index in [0.29, 0.717) is 5.92 Å². The normalized spacial score (nSPS) is 27.6. The molecule has 4 atom stereocenters. The van der Waals surface area contributed by atoms with Crippen LogP contribution in [0.25, 0.3) is 0 Å². The van der Waals surface area contributed by atoms with Crippen molar-refractivity contribution in [3.8, 4) is 0 Å². The zero-order chi connectivity index (χ0) is 13.5. The molecule has 0 aromatic carbocycles. The van der Waals surface area contributed by atoms with Crippen LogP contribution < -0.4 is 10.6 Å². The van der Waals surface area contributed by atoms with Gasteiger partial charge in [0.05, 0.1) is 6.04 Å².